The molecule has 0 saturated heterocycles. The molecule has 0 spiro atoms. The minimum Gasteiger partial charge on any atom is -0.395 e. The van der Waals surface area contributed by atoms with Crippen molar-refractivity contribution in [2.45, 2.75) is 12.5 Å². The van der Waals surface area contributed by atoms with E-state index in [2.05, 4.69) is 10.0 Å². The van der Waals surface area contributed by atoms with Crippen molar-refractivity contribution in [2.75, 3.05) is 6.61 Å². The second kappa shape index (κ2) is 4.09. The van der Waals surface area contributed by atoms with Crippen molar-refractivity contribution in [1.82, 2.24) is 0 Å². The summed E-state index contributed by atoms with van der Waals surface area (Å²) in [5.74, 6) is -0.366. The lowest BCUT2D eigenvalue weighted by Crippen LogP contribution is -2.23. The number of rotatable bonds is 3. The van der Waals surface area contributed by atoms with Crippen LogP contribution in [0.5, 0.6) is 0 Å². The van der Waals surface area contributed by atoms with Crippen LogP contribution < -0.4 is 0 Å². The summed E-state index contributed by atoms with van der Waals surface area (Å²) in [5, 5.41) is 12.6. The van der Waals surface area contributed by atoms with Crippen LogP contribution in [-0.2, 0) is 5.54 Å². The molecule has 1 N–H and O–H groups in total. The molecule has 0 bridgehead atoms. The Labute approximate surface area is 80.6 Å². The van der Waals surface area contributed by atoms with Crippen LogP contribution in [0, 0.1) is 5.82 Å². The first-order valence-electron chi connectivity index (χ1n) is 4.05. The van der Waals surface area contributed by atoms with Gasteiger partial charge in [0.25, 0.3) is 0 Å². The van der Waals surface area contributed by atoms with Crippen molar-refractivity contribution in [3.63, 3.8) is 0 Å². The molecule has 0 heterocycles. The number of halogens is 1. The average Bonchev–Trinajstić information content (AvgIpc) is 2.19. The second-order valence-corrected chi connectivity index (χ2v) is 3.13. The zero-order chi connectivity index (χ0) is 10.6. The van der Waals surface area contributed by atoms with E-state index in [9.17, 15) is 4.39 Å². The molecule has 0 radical (unpaired) electrons. The number of benzene rings is 1. The SMILES string of the molecule is CC(CO)(N=[N+]=[N-])c1ccc(F)cc1. The van der Waals surface area contributed by atoms with Crippen LogP contribution >= 0.6 is 0 Å². The Morgan fingerprint density at radius 1 is 1.50 bits per heavy atom. The smallest absolute Gasteiger partial charge is 0.123 e. The highest BCUT2D eigenvalue weighted by atomic mass is 19.1. The van der Waals surface area contributed by atoms with Gasteiger partial charge < -0.3 is 5.11 Å². The molecule has 1 rings (SSSR count). The highest BCUT2D eigenvalue weighted by molar-refractivity contribution is 5.24. The van der Waals surface area contributed by atoms with Gasteiger partial charge in [-0.2, -0.15) is 0 Å². The van der Waals surface area contributed by atoms with E-state index in [4.69, 9.17) is 10.6 Å². The van der Waals surface area contributed by atoms with Crippen LogP contribution in [0.15, 0.2) is 29.4 Å². The number of azide groups is 1. The van der Waals surface area contributed by atoms with Crippen molar-refractivity contribution in [3.05, 3.63) is 46.1 Å². The maximum Gasteiger partial charge on any atom is 0.123 e. The second-order valence-electron chi connectivity index (χ2n) is 3.13. The molecular formula is C9H10FN3O. The Morgan fingerprint density at radius 3 is 2.50 bits per heavy atom. The highest BCUT2D eigenvalue weighted by Gasteiger charge is 2.23. The normalized spacial score (nSPS) is 14.2. The monoisotopic (exact) mass is 195 g/mol. The number of nitrogens with zero attached hydrogens (tertiary/aromatic N) is 3. The van der Waals surface area contributed by atoms with Gasteiger partial charge in [-0.15, -0.1) is 0 Å². The minimum absolute atomic E-state index is 0.317. The molecule has 1 atom stereocenters. The van der Waals surface area contributed by atoms with Crippen molar-refractivity contribution in [3.8, 4) is 0 Å². The Balaban J connectivity index is 3.12. The lowest BCUT2D eigenvalue weighted by Gasteiger charge is -2.21. The van der Waals surface area contributed by atoms with E-state index in [1.54, 1.807) is 6.92 Å². The van der Waals surface area contributed by atoms with Crippen LogP contribution in [0.2, 0.25) is 0 Å². The van der Waals surface area contributed by atoms with Gasteiger partial charge in [-0.05, 0) is 30.2 Å². The molecule has 0 saturated carbocycles. The first-order valence-corrected chi connectivity index (χ1v) is 4.05. The summed E-state index contributed by atoms with van der Waals surface area (Å²) in [5.41, 5.74) is 7.88. The van der Waals surface area contributed by atoms with Crippen molar-refractivity contribution >= 4 is 0 Å². The fourth-order valence-electron chi connectivity index (χ4n) is 1.09. The van der Waals surface area contributed by atoms with Crippen LogP contribution in [0.4, 0.5) is 4.39 Å². The molecule has 0 aromatic heterocycles. The Morgan fingerprint density at radius 2 is 2.07 bits per heavy atom. The molecule has 14 heavy (non-hydrogen) atoms. The standard InChI is InChI=1S/C9H10FN3O/c1-9(6-14,12-13-11)7-2-4-8(10)5-3-7/h2-5,14H,6H2,1H3. The maximum atomic E-state index is 12.6. The zero-order valence-corrected chi connectivity index (χ0v) is 7.68. The molecular weight excluding hydrogens is 185 g/mol. The van der Waals surface area contributed by atoms with E-state index in [1.807, 2.05) is 0 Å². The zero-order valence-electron chi connectivity index (χ0n) is 7.68. The van der Waals surface area contributed by atoms with E-state index in [1.165, 1.54) is 24.3 Å². The lowest BCUT2D eigenvalue weighted by molar-refractivity contribution is 0.210. The molecule has 0 amide bonds. The fourth-order valence-corrected chi connectivity index (χ4v) is 1.09. The van der Waals surface area contributed by atoms with Crippen molar-refractivity contribution in [2.24, 2.45) is 5.11 Å². The largest absolute Gasteiger partial charge is 0.395 e. The van der Waals surface area contributed by atoms with Gasteiger partial charge in [0.05, 0.1) is 12.1 Å². The third-order valence-electron chi connectivity index (χ3n) is 2.04. The Kier molecular flexibility index (Phi) is 3.06. The third kappa shape index (κ3) is 2.02. The molecule has 0 fully saturated rings. The summed E-state index contributed by atoms with van der Waals surface area (Å²) in [6, 6.07) is 5.49. The molecule has 0 aliphatic carbocycles. The summed E-state index contributed by atoms with van der Waals surface area (Å²) >= 11 is 0. The van der Waals surface area contributed by atoms with Gasteiger partial charge in [0.1, 0.15) is 5.82 Å². The van der Waals surface area contributed by atoms with Gasteiger partial charge in [0.2, 0.25) is 0 Å². The maximum absolute atomic E-state index is 12.6. The molecule has 1 aromatic rings. The summed E-state index contributed by atoms with van der Waals surface area (Å²) in [6.45, 7) is 1.27. The number of aliphatic hydroxyl groups excluding tert-OH is 1. The summed E-state index contributed by atoms with van der Waals surface area (Å²) in [7, 11) is 0. The molecule has 4 nitrogen and oxygen atoms in total. The molecule has 5 heteroatoms. The van der Waals surface area contributed by atoms with E-state index in [-0.39, 0.29) is 12.4 Å². The van der Waals surface area contributed by atoms with Gasteiger partial charge in [0.15, 0.2) is 0 Å². The minimum atomic E-state index is -1.03. The third-order valence-corrected chi connectivity index (χ3v) is 2.04. The summed E-state index contributed by atoms with van der Waals surface area (Å²) in [6.07, 6.45) is 0. The summed E-state index contributed by atoms with van der Waals surface area (Å²) < 4.78 is 12.6. The van der Waals surface area contributed by atoms with E-state index < -0.39 is 5.54 Å². The highest BCUT2D eigenvalue weighted by Crippen LogP contribution is 2.25. The fraction of sp³-hybridized carbons (Fsp3) is 0.333. The van der Waals surface area contributed by atoms with E-state index in [0.29, 0.717) is 5.56 Å². The van der Waals surface area contributed by atoms with Crippen molar-refractivity contribution < 1.29 is 9.50 Å². The Bertz CT molecular complexity index is 359. The van der Waals surface area contributed by atoms with Crippen LogP contribution in [0.3, 0.4) is 0 Å². The molecule has 1 unspecified atom stereocenters. The topological polar surface area (TPSA) is 69.0 Å². The Hall–Kier alpha value is -1.58. The van der Waals surface area contributed by atoms with Crippen molar-refractivity contribution in [1.29, 1.82) is 0 Å². The quantitative estimate of drug-likeness (QED) is 0.449. The van der Waals surface area contributed by atoms with Crippen LogP contribution in [0.25, 0.3) is 10.4 Å². The predicted molar refractivity (Wildman–Crippen MR) is 50.0 cm³/mol. The molecule has 1 aromatic carbocycles. The van der Waals surface area contributed by atoms with E-state index >= 15 is 0 Å². The van der Waals surface area contributed by atoms with Gasteiger partial charge in [0, 0.05) is 4.91 Å². The van der Waals surface area contributed by atoms with Gasteiger partial charge in [-0.25, -0.2) is 4.39 Å². The predicted octanol–water partition coefficient (Wildman–Crippen LogP) is 2.34. The van der Waals surface area contributed by atoms with Gasteiger partial charge in [-0.3, -0.25) is 0 Å². The van der Waals surface area contributed by atoms with Gasteiger partial charge >= 0.3 is 0 Å². The molecule has 74 valence electrons. The van der Waals surface area contributed by atoms with Crippen LogP contribution in [0.1, 0.15) is 12.5 Å². The lowest BCUT2D eigenvalue weighted by atomic mass is 9.94. The first-order chi connectivity index (χ1) is 6.62. The average molecular weight is 195 g/mol. The van der Waals surface area contributed by atoms with E-state index in [0.717, 1.165) is 0 Å². The van der Waals surface area contributed by atoms with Crippen LogP contribution in [-0.4, -0.2) is 11.7 Å². The molecule has 0 aliphatic rings. The first kappa shape index (κ1) is 10.5. The number of aliphatic hydroxyl groups is 1. The van der Waals surface area contributed by atoms with Gasteiger partial charge in [-0.1, -0.05) is 17.2 Å². The summed E-state index contributed by atoms with van der Waals surface area (Å²) in [4.78, 5) is 2.65. The number of hydrogen-bond donors (Lipinski definition) is 1. The number of hydrogen-bond acceptors (Lipinski definition) is 2. The molecule has 0 aliphatic heterocycles.